The highest BCUT2D eigenvalue weighted by atomic mass is 31.0. The molecule has 0 bridgehead atoms. The van der Waals surface area contributed by atoms with Crippen LogP contribution in [0.15, 0.2) is 0 Å². The zero-order valence-electron chi connectivity index (χ0n) is 10.8. The number of nitrogens with one attached hydrogen (secondary N) is 2. The van der Waals surface area contributed by atoms with E-state index < -0.39 is 12.1 Å². The van der Waals surface area contributed by atoms with E-state index >= 15 is 0 Å². The van der Waals surface area contributed by atoms with Crippen molar-refractivity contribution in [3.8, 4) is 0 Å². The molecule has 0 aromatic carbocycles. The van der Waals surface area contributed by atoms with E-state index in [2.05, 4.69) is 19.5 Å². The van der Waals surface area contributed by atoms with Crippen molar-refractivity contribution in [3.63, 3.8) is 0 Å². The summed E-state index contributed by atoms with van der Waals surface area (Å²) in [4.78, 5) is 21.9. The van der Waals surface area contributed by atoms with Crippen LogP contribution in [0, 0.1) is 5.15 Å². The van der Waals surface area contributed by atoms with Crippen molar-refractivity contribution < 1.29 is 20.5 Å². The molecule has 0 fully saturated rings. The molecule has 16 heavy (non-hydrogen) atoms. The number of amides is 1. The standard InChI is InChI=1S/C9H17NO4.H2NP/c1-4-13-6-9(12)14-7(2)5-8(11)10-3;1-2/h7H,4-6H2,1-3H3,(H,10,11);1-2H/i/hD. The van der Waals surface area contributed by atoms with Crippen LogP contribution in [0.1, 0.15) is 20.3 Å². The van der Waals surface area contributed by atoms with Gasteiger partial charge in [0.25, 0.3) is 0 Å². The summed E-state index contributed by atoms with van der Waals surface area (Å²) in [6.07, 6.45) is -0.239. The molecule has 1 unspecified atom stereocenters. The van der Waals surface area contributed by atoms with Crippen LogP contribution in [0.3, 0.4) is 0 Å². The normalized spacial score (nSPS) is 11.3. The van der Waals surface area contributed by atoms with Crippen LogP contribution in [-0.2, 0) is 19.1 Å². The highest BCUT2D eigenvalue weighted by molar-refractivity contribution is 7.02. The second-order valence-corrected chi connectivity index (χ2v) is 2.81. The molecule has 7 heteroatoms. The average molecular weight is 251 g/mol. The first-order chi connectivity index (χ1) is 8.01. The van der Waals surface area contributed by atoms with Crippen molar-refractivity contribution >= 4 is 20.9 Å². The first-order valence-corrected chi connectivity index (χ1v) is 5.25. The van der Waals surface area contributed by atoms with E-state index in [1.807, 2.05) is 0 Å². The second-order valence-electron chi connectivity index (χ2n) is 2.81. The Morgan fingerprint density at radius 2 is 2.19 bits per heavy atom. The molecule has 0 heterocycles. The summed E-state index contributed by atoms with van der Waals surface area (Å²) in [5, 5.41) is 5.01. The van der Waals surface area contributed by atoms with Gasteiger partial charge in [0.2, 0.25) is 5.91 Å². The third-order valence-corrected chi connectivity index (χ3v) is 1.51. The number of ether oxygens (including phenoxy) is 2. The molecule has 94 valence electrons. The smallest absolute Gasteiger partial charge is 0.332 e. The Labute approximate surface area is 99.3 Å². The summed E-state index contributed by atoms with van der Waals surface area (Å²) in [5.74, 6) is -0.593. The minimum Gasteiger partial charge on any atom is -0.460 e. The zero-order valence-corrected chi connectivity index (χ0v) is 10.8. The van der Waals surface area contributed by atoms with E-state index in [9.17, 15) is 9.59 Å². The molecule has 0 aliphatic rings. The monoisotopic (exact) mass is 251 g/mol. The van der Waals surface area contributed by atoms with Crippen molar-refractivity contribution in [2.45, 2.75) is 26.4 Å². The Hall–Kier alpha value is -1.00. The Kier molecular flexibility index (Phi) is 11.3. The van der Waals surface area contributed by atoms with Gasteiger partial charge in [-0.2, -0.15) is 0 Å². The SMILES string of the molecule is CCOCC(=O)OC(C)CC(=O)NC.[2H]N=P. The van der Waals surface area contributed by atoms with Crippen LogP contribution in [0.2, 0.25) is 1.41 Å². The van der Waals surface area contributed by atoms with Crippen LogP contribution in [0.25, 0.3) is 0 Å². The molecule has 2 N–H and O–H groups in total. The van der Waals surface area contributed by atoms with E-state index in [1.54, 1.807) is 13.8 Å². The quantitative estimate of drug-likeness (QED) is 0.544. The summed E-state index contributed by atoms with van der Waals surface area (Å²) in [5.41, 5.74) is 0. The summed E-state index contributed by atoms with van der Waals surface area (Å²) >= 11 is 0. The number of carbonyl (C=O) groups excluding carboxylic acids is 2. The predicted octanol–water partition coefficient (Wildman–Crippen LogP) is 0.982. The molecule has 6 nitrogen and oxygen atoms in total. The van der Waals surface area contributed by atoms with Crippen LogP contribution >= 0.6 is 9.03 Å². The molecule has 0 radical (unpaired) electrons. The fourth-order valence-corrected chi connectivity index (χ4v) is 0.849. The minimum absolute atomic E-state index is 0.0609. The first kappa shape index (κ1) is 15.0. The molecular weight excluding hydrogens is 231 g/mol. The largest absolute Gasteiger partial charge is 0.460 e. The minimum atomic E-state index is -0.441. The molecule has 0 saturated heterocycles. The first-order valence-electron chi connectivity index (χ1n) is 5.25. The summed E-state index contributed by atoms with van der Waals surface area (Å²) in [6.45, 7) is 3.87. The number of hydrogen-bond donors (Lipinski definition) is 2. The fraction of sp³-hybridized carbons (Fsp3) is 0.778. The van der Waals surface area contributed by atoms with Crippen molar-refractivity contribution in [3.05, 3.63) is 0 Å². The van der Waals surface area contributed by atoms with Crippen molar-refractivity contribution in [1.29, 1.82) is 5.15 Å². The fourth-order valence-electron chi connectivity index (χ4n) is 0.849. The van der Waals surface area contributed by atoms with Gasteiger partial charge in [0, 0.05) is 13.7 Å². The highest BCUT2D eigenvalue weighted by Crippen LogP contribution is 1.97. The second kappa shape index (κ2) is 12.1. The van der Waals surface area contributed by atoms with Crippen molar-refractivity contribution in [2.24, 2.45) is 0 Å². The molecular formula is C9H19N2O4P. The van der Waals surface area contributed by atoms with Crippen LogP contribution in [-0.4, -0.2) is 38.2 Å². The number of hydrogen-bond acceptors (Lipinski definition) is 5. The molecule has 0 spiro atoms. The van der Waals surface area contributed by atoms with Gasteiger partial charge in [0.15, 0.2) is 1.41 Å². The molecule has 0 rings (SSSR count). The van der Waals surface area contributed by atoms with E-state index in [1.165, 1.54) is 7.05 Å². The molecule has 1 amide bonds. The molecule has 0 aliphatic carbocycles. The van der Waals surface area contributed by atoms with E-state index in [0.29, 0.717) is 6.61 Å². The third-order valence-electron chi connectivity index (χ3n) is 1.51. The van der Waals surface area contributed by atoms with Gasteiger partial charge in [-0.3, -0.25) is 9.95 Å². The number of carbonyl (C=O) groups is 2. The molecule has 1 atom stereocenters. The van der Waals surface area contributed by atoms with Crippen molar-refractivity contribution in [2.75, 3.05) is 20.3 Å². The van der Waals surface area contributed by atoms with Gasteiger partial charge in [-0.15, -0.1) is 0 Å². The van der Waals surface area contributed by atoms with Gasteiger partial charge in [-0.25, -0.2) is 4.79 Å². The molecule has 0 aromatic heterocycles. The lowest BCUT2D eigenvalue weighted by Gasteiger charge is -2.11. The lowest BCUT2D eigenvalue weighted by molar-refractivity contribution is -0.154. The van der Waals surface area contributed by atoms with Crippen LogP contribution < -0.4 is 5.32 Å². The Morgan fingerprint density at radius 1 is 1.62 bits per heavy atom. The van der Waals surface area contributed by atoms with E-state index in [4.69, 9.17) is 10.9 Å². The number of rotatable bonds is 6. The third kappa shape index (κ3) is 11.1. The van der Waals surface area contributed by atoms with Gasteiger partial charge < -0.3 is 14.8 Å². The lowest BCUT2D eigenvalue weighted by Crippen LogP contribution is -2.26. The molecule has 0 aliphatic heterocycles. The summed E-state index contributed by atoms with van der Waals surface area (Å²) in [6, 6.07) is 0. The van der Waals surface area contributed by atoms with Gasteiger partial charge in [-0.05, 0) is 22.9 Å². The molecule has 0 aromatic rings. The lowest BCUT2D eigenvalue weighted by atomic mass is 10.3. The predicted molar refractivity (Wildman–Crippen MR) is 61.8 cm³/mol. The maximum absolute atomic E-state index is 11.0. The van der Waals surface area contributed by atoms with Crippen LogP contribution in [0.5, 0.6) is 0 Å². The topological polar surface area (TPSA) is 88.5 Å². The molecule has 0 saturated carbocycles. The Bertz CT molecular complexity index is 241. The maximum Gasteiger partial charge on any atom is 0.332 e. The van der Waals surface area contributed by atoms with Gasteiger partial charge in [0.1, 0.15) is 12.7 Å². The van der Waals surface area contributed by atoms with E-state index in [0.717, 1.165) is 0 Å². The van der Waals surface area contributed by atoms with Crippen LogP contribution in [0.4, 0.5) is 0 Å². The average Bonchev–Trinajstić information content (AvgIpc) is 2.27. The van der Waals surface area contributed by atoms with Gasteiger partial charge in [0.05, 0.1) is 6.42 Å². The zero-order chi connectivity index (χ0) is 13.7. The van der Waals surface area contributed by atoms with E-state index in [-0.39, 0.29) is 18.9 Å². The summed E-state index contributed by atoms with van der Waals surface area (Å²) in [7, 11) is 4.01. The van der Waals surface area contributed by atoms with Crippen molar-refractivity contribution in [1.82, 2.24) is 5.32 Å². The maximum atomic E-state index is 11.0. The Balaban J connectivity index is 0. The van der Waals surface area contributed by atoms with Gasteiger partial charge >= 0.3 is 5.97 Å². The number of esters is 1. The van der Waals surface area contributed by atoms with Gasteiger partial charge in [-0.1, -0.05) is 0 Å². The Morgan fingerprint density at radius 3 is 2.62 bits per heavy atom. The summed E-state index contributed by atoms with van der Waals surface area (Å²) < 4.78 is 15.5. The highest BCUT2D eigenvalue weighted by Gasteiger charge is 2.12.